The molecule has 0 saturated heterocycles. The molecule has 1 aromatic carbocycles. The molecule has 1 amide bonds. The average Bonchev–Trinajstić information content (AvgIpc) is 3.24. The van der Waals surface area contributed by atoms with Crippen LogP contribution in [0.4, 0.5) is 5.69 Å². The summed E-state index contributed by atoms with van der Waals surface area (Å²) in [6, 6.07) is 12.2. The third kappa shape index (κ3) is 2.65. The van der Waals surface area contributed by atoms with Crippen molar-refractivity contribution in [1.29, 1.82) is 0 Å². The Labute approximate surface area is 144 Å². The zero-order valence-corrected chi connectivity index (χ0v) is 14.5. The van der Waals surface area contributed by atoms with Gasteiger partial charge in [0.2, 0.25) is 5.91 Å². The van der Waals surface area contributed by atoms with E-state index < -0.39 is 0 Å². The Kier molecular flexibility index (Phi) is 3.73. The summed E-state index contributed by atoms with van der Waals surface area (Å²) in [7, 11) is 0. The Morgan fingerprint density at radius 2 is 2.17 bits per heavy atom. The number of thiazole rings is 1. The van der Waals surface area contributed by atoms with Crippen LogP contribution in [0, 0.1) is 6.92 Å². The molecule has 0 radical (unpaired) electrons. The third-order valence-corrected chi connectivity index (χ3v) is 5.22. The molecule has 122 valence electrons. The maximum absolute atomic E-state index is 12.8. The molecule has 0 unspecified atom stereocenters. The summed E-state index contributed by atoms with van der Waals surface area (Å²) in [6.45, 7) is 4.00. The molecule has 1 aliphatic heterocycles. The van der Waals surface area contributed by atoms with E-state index in [0.29, 0.717) is 6.42 Å². The summed E-state index contributed by atoms with van der Waals surface area (Å²) in [4.78, 5) is 19.3. The SMILES string of the molecule is Cc1ccc(-c2nc(CC(=O)N3c4ccccc4C[C@@H]3C)cs2)o1. The number of fused-ring (bicyclic) bond motifs is 1. The second-order valence-electron chi connectivity index (χ2n) is 6.18. The fourth-order valence-corrected chi connectivity index (χ4v) is 4.02. The number of anilines is 1. The average molecular weight is 338 g/mol. The standard InChI is InChI=1S/C19H18N2O2S/c1-12-9-14-5-3-4-6-16(14)21(12)18(22)10-15-11-24-19(20-15)17-8-7-13(2)23-17/h3-8,11-12H,9-10H2,1-2H3/t12-/m0/s1. The monoisotopic (exact) mass is 338 g/mol. The van der Waals surface area contributed by atoms with Crippen molar-refractivity contribution in [3.05, 3.63) is 58.8 Å². The van der Waals surface area contributed by atoms with E-state index in [1.165, 1.54) is 16.9 Å². The van der Waals surface area contributed by atoms with Gasteiger partial charge in [-0.05, 0) is 44.0 Å². The zero-order valence-electron chi connectivity index (χ0n) is 13.7. The van der Waals surface area contributed by atoms with Crippen molar-refractivity contribution < 1.29 is 9.21 Å². The molecule has 5 heteroatoms. The number of carbonyl (C=O) groups excluding carboxylic acids is 1. The van der Waals surface area contributed by atoms with Gasteiger partial charge < -0.3 is 9.32 Å². The largest absolute Gasteiger partial charge is 0.459 e. The number of aromatic nitrogens is 1. The fraction of sp³-hybridized carbons (Fsp3) is 0.263. The Bertz CT molecular complexity index is 896. The van der Waals surface area contributed by atoms with Crippen LogP contribution in [0.2, 0.25) is 0 Å². The minimum Gasteiger partial charge on any atom is -0.459 e. The lowest BCUT2D eigenvalue weighted by atomic mass is 10.1. The normalized spacial score (nSPS) is 16.4. The molecule has 2 aromatic heterocycles. The summed E-state index contributed by atoms with van der Waals surface area (Å²) in [5.74, 6) is 1.72. The van der Waals surface area contributed by atoms with Crippen LogP contribution in [0.25, 0.3) is 10.8 Å². The second-order valence-corrected chi connectivity index (χ2v) is 7.03. The van der Waals surface area contributed by atoms with Crippen molar-refractivity contribution >= 4 is 22.9 Å². The first-order valence-electron chi connectivity index (χ1n) is 8.03. The van der Waals surface area contributed by atoms with Crippen molar-refractivity contribution in [3.63, 3.8) is 0 Å². The number of rotatable bonds is 3. The second kappa shape index (κ2) is 5.91. The van der Waals surface area contributed by atoms with E-state index in [-0.39, 0.29) is 11.9 Å². The van der Waals surface area contributed by atoms with E-state index in [4.69, 9.17) is 4.42 Å². The Hall–Kier alpha value is -2.40. The van der Waals surface area contributed by atoms with Gasteiger partial charge in [-0.15, -0.1) is 11.3 Å². The van der Waals surface area contributed by atoms with E-state index in [1.54, 1.807) is 0 Å². The van der Waals surface area contributed by atoms with Gasteiger partial charge in [-0.3, -0.25) is 4.79 Å². The molecular formula is C19H18N2O2S. The van der Waals surface area contributed by atoms with E-state index >= 15 is 0 Å². The molecule has 3 aromatic rings. The predicted octanol–water partition coefficient (Wildman–Crippen LogP) is 4.23. The van der Waals surface area contributed by atoms with E-state index in [0.717, 1.165) is 34.3 Å². The Morgan fingerprint density at radius 3 is 2.96 bits per heavy atom. The van der Waals surface area contributed by atoms with E-state index in [9.17, 15) is 4.79 Å². The maximum atomic E-state index is 12.8. The smallest absolute Gasteiger partial charge is 0.233 e. The van der Waals surface area contributed by atoms with Crippen LogP contribution in [0.3, 0.4) is 0 Å². The van der Waals surface area contributed by atoms with Crippen LogP contribution < -0.4 is 4.90 Å². The van der Waals surface area contributed by atoms with Crippen LogP contribution >= 0.6 is 11.3 Å². The number of amides is 1. The predicted molar refractivity (Wildman–Crippen MR) is 95.4 cm³/mol. The van der Waals surface area contributed by atoms with Gasteiger partial charge >= 0.3 is 0 Å². The highest BCUT2D eigenvalue weighted by Gasteiger charge is 2.30. The highest BCUT2D eigenvalue weighted by atomic mass is 32.1. The van der Waals surface area contributed by atoms with Gasteiger partial charge in [0.1, 0.15) is 5.76 Å². The number of hydrogen-bond donors (Lipinski definition) is 0. The molecule has 24 heavy (non-hydrogen) atoms. The lowest BCUT2D eigenvalue weighted by molar-refractivity contribution is -0.118. The van der Waals surface area contributed by atoms with Crippen molar-refractivity contribution in [1.82, 2.24) is 4.98 Å². The number of aryl methyl sites for hydroxylation is 1. The molecule has 4 nitrogen and oxygen atoms in total. The summed E-state index contributed by atoms with van der Waals surface area (Å²) in [5, 5.41) is 2.76. The Balaban J connectivity index is 1.54. The van der Waals surface area contributed by atoms with E-state index in [2.05, 4.69) is 18.0 Å². The number of benzene rings is 1. The summed E-state index contributed by atoms with van der Waals surface area (Å²) < 4.78 is 5.60. The van der Waals surface area contributed by atoms with Crippen LogP contribution in [-0.2, 0) is 17.6 Å². The first-order valence-corrected chi connectivity index (χ1v) is 8.91. The molecule has 0 aliphatic carbocycles. The number of carbonyl (C=O) groups is 1. The van der Waals surface area contributed by atoms with Crippen LogP contribution in [0.5, 0.6) is 0 Å². The van der Waals surface area contributed by atoms with Gasteiger partial charge in [0.05, 0.1) is 12.1 Å². The first kappa shape index (κ1) is 15.1. The summed E-state index contributed by atoms with van der Waals surface area (Å²) in [5.41, 5.74) is 3.07. The lowest BCUT2D eigenvalue weighted by Crippen LogP contribution is -2.36. The molecule has 4 rings (SSSR count). The first-order chi connectivity index (χ1) is 11.6. The summed E-state index contributed by atoms with van der Waals surface area (Å²) in [6.07, 6.45) is 1.23. The highest BCUT2D eigenvalue weighted by Crippen LogP contribution is 2.32. The van der Waals surface area contributed by atoms with Crippen LogP contribution in [-0.4, -0.2) is 16.9 Å². The number of furan rings is 1. The van der Waals surface area contributed by atoms with Crippen molar-refractivity contribution in [2.24, 2.45) is 0 Å². The van der Waals surface area contributed by atoms with E-state index in [1.807, 2.05) is 47.5 Å². The van der Waals surface area contributed by atoms with Crippen molar-refractivity contribution in [3.8, 4) is 10.8 Å². The molecule has 0 spiro atoms. The Morgan fingerprint density at radius 1 is 1.33 bits per heavy atom. The van der Waals surface area contributed by atoms with Crippen molar-refractivity contribution in [2.45, 2.75) is 32.7 Å². The van der Waals surface area contributed by atoms with Crippen LogP contribution in [0.15, 0.2) is 46.2 Å². The number of hydrogen-bond acceptors (Lipinski definition) is 4. The minimum absolute atomic E-state index is 0.0972. The molecule has 0 bridgehead atoms. The van der Waals surface area contributed by atoms with Crippen molar-refractivity contribution in [2.75, 3.05) is 4.90 Å². The van der Waals surface area contributed by atoms with Gasteiger partial charge in [-0.1, -0.05) is 18.2 Å². The molecule has 0 fully saturated rings. The van der Waals surface area contributed by atoms with Gasteiger partial charge in [-0.25, -0.2) is 4.98 Å². The van der Waals surface area contributed by atoms with Gasteiger partial charge in [0.25, 0.3) is 0 Å². The topological polar surface area (TPSA) is 46.3 Å². The lowest BCUT2D eigenvalue weighted by Gasteiger charge is -2.22. The van der Waals surface area contributed by atoms with Gasteiger partial charge in [0.15, 0.2) is 10.8 Å². The van der Waals surface area contributed by atoms with Crippen LogP contribution in [0.1, 0.15) is 23.9 Å². The molecule has 1 atom stereocenters. The third-order valence-electron chi connectivity index (χ3n) is 4.31. The highest BCUT2D eigenvalue weighted by molar-refractivity contribution is 7.13. The molecule has 0 N–H and O–H groups in total. The molecule has 1 aliphatic rings. The number of para-hydroxylation sites is 1. The molecule has 3 heterocycles. The summed E-state index contributed by atoms with van der Waals surface area (Å²) >= 11 is 1.51. The molecule has 0 saturated carbocycles. The van der Waals surface area contributed by atoms with Gasteiger partial charge in [-0.2, -0.15) is 0 Å². The molecular weight excluding hydrogens is 320 g/mol. The minimum atomic E-state index is 0.0972. The maximum Gasteiger partial charge on any atom is 0.233 e. The quantitative estimate of drug-likeness (QED) is 0.718. The number of nitrogens with zero attached hydrogens (tertiary/aromatic N) is 2. The zero-order chi connectivity index (χ0) is 16.7. The van der Waals surface area contributed by atoms with Gasteiger partial charge in [0, 0.05) is 17.1 Å². The fourth-order valence-electron chi connectivity index (χ4n) is 3.24.